The number of carbonyl (C=O) groups excluding carboxylic acids is 1. The minimum atomic E-state index is 0.210. The summed E-state index contributed by atoms with van der Waals surface area (Å²) in [5.41, 5.74) is 2.99. The summed E-state index contributed by atoms with van der Waals surface area (Å²) in [7, 11) is 0. The predicted molar refractivity (Wildman–Crippen MR) is 65.8 cm³/mol. The first-order chi connectivity index (χ1) is 8.18. The fourth-order valence-corrected chi connectivity index (χ4v) is 2.19. The molecule has 1 aromatic heterocycles. The summed E-state index contributed by atoms with van der Waals surface area (Å²) in [6.07, 6.45) is 1.50. The molecule has 1 fully saturated rings. The normalized spacial score (nSPS) is 16.9. The summed E-state index contributed by atoms with van der Waals surface area (Å²) < 4.78 is 0. The van der Waals surface area contributed by atoms with Crippen LogP contribution in [0.1, 0.15) is 23.4 Å². The molecule has 0 aliphatic carbocycles. The van der Waals surface area contributed by atoms with E-state index in [1.54, 1.807) is 0 Å². The molecule has 0 aromatic carbocycles. The summed E-state index contributed by atoms with van der Waals surface area (Å²) in [5.74, 6) is 0.210. The Hall–Kier alpha value is -1.36. The largest absolute Gasteiger partial charge is 0.341 e. The number of nitrogens with zero attached hydrogens (tertiary/aromatic N) is 2. The van der Waals surface area contributed by atoms with Gasteiger partial charge in [0.05, 0.1) is 12.1 Å². The third-order valence-electron chi connectivity index (χ3n) is 3.30. The van der Waals surface area contributed by atoms with Crippen molar-refractivity contribution < 1.29 is 4.79 Å². The second-order valence-electron chi connectivity index (χ2n) is 4.57. The molecule has 1 amide bonds. The molecule has 2 heterocycles. The lowest BCUT2D eigenvalue weighted by Crippen LogP contribution is -2.35. The number of aromatic nitrogens is 2. The van der Waals surface area contributed by atoms with Crippen LogP contribution in [-0.2, 0) is 11.2 Å². The molecule has 0 saturated carbocycles. The number of nitrogens with one attached hydrogen (secondary N) is 2. The Morgan fingerprint density at radius 3 is 2.88 bits per heavy atom. The smallest absolute Gasteiger partial charge is 0.227 e. The fraction of sp³-hybridized carbons (Fsp3) is 0.667. The molecule has 2 rings (SSSR count). The number of H-pyrrole nitrogens is 1. The van der Waals surface area contributed by atoms with Gasteiger partial charge in [-0.25, -0.2) is 0 Å². The van der Waals surface area contributed by atoms with Gasteiger partial charge in [-0.15, -0.1) is 0 Å². The third-order valence-corrected chi connectivity index (χ3v) is 3.30. The predicted octanol–water partition coefficient (Wildman–Crippen LogP) is 0.391. The van der Waals surface area contributed by atoms with Crippen molar-refractivity contribution in [3.8, 4) is 0 Å². The lowest BCUT2D eigenvalue weighted by atomic mass is 10.1. The third kappa shape index (κ3) is 2.85. The highest BCUT2D eigenvalue weighted by molar-refractivity contribution is 5.79. The van der Waals surface area contributed by atoms with E-state index in [9.17, 15) is 4.79 Å². The molecule has 2 N–H and O–H groups in total. The first kappa shape index (κ1) is 12.1. The summed E-state index contributed by atoms with van der Waals surface area (Å²) in [5, 5.41) is 10.4. The highest BCUT2D eigenvalue weighted by atomic mass is 16.2. The average molecular weight is 236 g/mol. The van der Waals surface area contributed by atoms with Crippen molar-refractivity contribution in [2.24, 2.45) is 0 Å². The molecule has 1 aliphatic heterocycles. The number of aryl methyl sites for hydroxylation is 2. The van der Waals surface area contributed by atoms with Gasteiger partial charge in [-0.3, -0.25) is 9.89 Å². The number of carbonyl (C=O) groups is 1. The maximum Gasteiger partial charge on any atom is 0.227 e. The van der Waals surface area contributed by atoms with E-state index in [2.05, 4.69) is 15.5 Å². The molecule has 0 spiro atoms. The molecule has 5 nitrogen and oxygen atoms in total. The summed E-state index contributed by atoms with van der Waals surface area (Å²) in [6.45, 7) is 7.49. The fourth-order valence-electron chi connectivity index (χ4n) is 2.19. The zero-order valence-electron chi connectivity index (χ0n) is 10.5. The van der Waals surface area contributed by atoms with E-state index < -0.39 is 0 Å². The van der Waals surface area contributed by atoms with Gasteiger partial charge in [0.15, 0.2) is 0 Å². The van der Waals surface area contributed by atoms with E-state index in [-0.39, 0.29) is 5.91 Å². The van der Waals surface area contributed by atoms with Crippen LogP contribution < -0.4 is 5.32 Å². The van der Waals surface area contributed by atoms with Gasteiger partial charge in [0.25, 0.3) is 0 Å². The van der Waals surface area contributed by atoms with Crippen LogP contribution in [0.25, 0.3) is 0 Å². The van der Waals surface area contributed by atoms with Gasteiger partial charge < -0.3 is 10.2 Å². The highest BCUT2D eigenvalue weighted by Gasteiger charge is 2.18. The average Bonchev–Trinajstić information content (AvgIpc) is 2.59. The van der Waals surface area contributed by atoms with Crippen molar-refractivity contribution in [3.05, 3.63) is 17.0 Å². The molecule has 1 aromatic rings. The maximum atomic E-state index is 12.2. The quantitative estimate of drug-likeness (QED) is 0.781. The molecule has 94 valence electrons. The van der Waals surface area contributed by atoms with Crippen molar-refractivity contribution in [1.82, 2.24) is 20.4 Å². The molecule has 17 heavy (non-hydrogen) atoms. The van der Waals surface area contributed by atoms with Gasteiger partial charge in [0.1, 0.15) is 0 Å². The molecule has 0 atom stereocenters. The summed E-state index contributed by atoms with van der Waals surface area (Å²) >= 11 is 0. The Balaban J connectivity index is 2.00. The van der Waals surface area contributed by atoms with E-state index in [1.165, 1.54) is 0 Å². The van der Waals surface area contributed by atoms with Crippen LogP contribution in [0, 0.1) is 13.8 Å². The number of hydrogen-bond acceptors (Lipinski definition) is 3. The molecular weight excluding hydrogens is 216 g/mol. The SMILES string of the molecule is Cc1n[nH]c(C)c1CC(=O)N1CCCNCC1. The molecular formula is C12H20N4O. The molecule has 0 bridgehead atoms. The number of amides is 1. The molecule has 1 saturated heterocycles. The van der Waals surface area contributed by atoms with E-state index >= 15 is 0 Å². The number of rotatable bonds is 2. The van der Waals surface area contributed by atoms with Crippen LogP contribution in [0.3, 0.4) is 0 Å². The Morgan fingerprint density at radius 2 is 2.18 bits per heavy atom. The monoisotopic (exact) mass is 236 g/mol. The minimum absolute atomic E-state index is 0.210. The van der Waals surface area contributed by atoms with Gasteiger partial charge in [-0.2, -0.15) is 5.10 Å². The standard InChI is InChI=1S/C12H20N4O/c1-9-11(10(2)15-14-9)8-12(17)16-6-3-4-13-5-7-16/h13H,3-8H2,1-2H3,(H,14,15). The van der Waals surface area contributed by atoms with Gasteiger partial charge in [-0.1, -0.05) is 0 Å². The second-order valence-corrected chi connectivity index (χ2v) is 4.57. The molecule has 0 radical (unpaired) electrons. The minimum Gasteiger partial charge on any atom is -0.341 e. The molecule has 1 aliphatic rings. The van der Waals surface area contributed by atoms with E-state index in [4.69, 9.17) is 0 Å². The number of aromatic amines is 1. The Kier molecular flexibility index (Phi) is 3.78. The van der Waals surface area contributed by atoms with E-state index in [0.29, 0.717) is 6.42 Å². The van der Waals surface area contributed by atoms with Crippen molar-refractivity contribution >= 4 is 5.91 Å². The zero-order chi connectivity index (χ0) is 12.3. The summed E-state index contributed by atoms with van der Waals surface area (Å²) in [6, 6.07) is 0. The van der Waals surface area contributed by atoms with E-state index in [0.717, 1.165) is 49.6 Å². The highest BCUT2D eigenvalue weighted by Crippen LogP contribution is 2.12. The van der Waals surface area contributed by atoms with Crippen LogP contribution in [0.15, 0.2) is 0 Å². The van der Waals surface area contributed by atoms with Crippen molar-refractivity contribution in [2.75, 3.05) is 26.2 Å². The van der Waals surface area contributed by atoms with Crippen molar-refractivity contribution in [1.29, 1.82) is 0 Å². The number of hydrogen-bond donors (Lipinski definition) is 2. The molecule has 0 unspecified atom stereocenters. The van der Waals surface area contributed by atoms with E-state index in [1.807, 2.05) is 18.7 Å². The van der Waals surface area contributed by atoms with Crippen LogP contribution in [0.4, 0.5) is 0 Å². The molecule has 5 heteroatoms. The van der Waals surface area contributed by atoms with Gasteiger partial charge in [0, 0.05) is 30.9 Å². The van der Waals surface area contributed by atoms with Crippen LogP contribution in [0.5, 0.6) is 0 Å². The first-order valence-electron chi connectivity index (χ1n) is 6.17. The lowest BCUT2D eigenvalue weighted by molar-refractivity contribution is -0.130. The van der Waals surface area contributed by atoms with Gasteiger partial charge in [0.2, 0.25) is 5.91 Å². The Morgan fingerprint density at radius 1 is 1.35 bits per heavy atom. The second kappa shape index (κ2) is 5.31. The van der Waals surface area contributed by atoms with Crippen LogP contribution >= 0.6 is 0 Å². The Bertz CT molecular complexity index is 372. The van der Waals surface area contributed by atoms with Gasteiger partial charge in [-0.05, 0) is 26.8 Å². The topological polar surface area (TPSA) is 61.0 Å². The first-order valence-corrected chi connectivity index (χ1v) is 6.17. The van der Waals surface area contributed by atoms with Gasteiger partial charge >= 0.3 is 0 Å². The maximum absolute atomic E-state index is 12.2. The van der Waals surface area contributed by atoms with Crippen LogP contribution in [-0.4, -0.2) is 47.2 Å². The summed E-state index contributed by atoms with van der Waals surface area (Å²) in [4.78, 5) is 14.1. The lowest BCUT2D eigenvalue weighted by Gasteiger charge is -2.19. The van der Waals surface area contributed by atoms with Crippen molar-refractivity contribution in [3.63, 3.8) is 0 Å². The zero-order valence-corrected chi connectivity index (χ0v) is 10.5. The van der Waals surface area contributed by atoms with Crippen LogP contribution in [0.2, 0.25) is 0 Å². The Labute approximate surface area is 102 Å². The van der Waals surface area contributed by atoms with Crippen molar-refractivity contribution in [2.45, 2.75) is 26.7 Å².